The van der Waals surface area contributed by atoms with Gasteiger partial charge in [0.1, 0.15) is 12.7 Å². The number of esters is 3. The molecular formula is C37H42N2O10. The lowest BCUT2D eigenvalue weighted by Crippen LogP contribution is -2.65. The zero-order valence-electron chi connectivity index (χ0n) is 27.1. The second kappa shape index (κ2) is 17.7. The van der Waals surface area contributed by atoms with Gasteiger partial charge in [-0.2, -0.15) is 0 Å². The Hall–Kier alpha value is -4.62. The van der Waals surface area contributed by atoms with Crippen molar-refractivity contribution in [3.8, 4) is 0 Å². The summed E-state index contributed by atoms with van der Waals surface area (Å²) in [6.07, 6.45) is -2.64. The highest BCUT2D eigenvalue weighted by Crippen LogP contribution is 2.28. The van der Waals surface area contributed by atoms with E-state index in [4.69, 9.17) is 29.4 Å². The van der Waals surface area contributed by atoms with Gasteiger partial charge >= 0.3 is 17.9 Å². The van der Waals surface area contributed by atoms with Crippen molar-refractivity contribution >= 4 is 23.8 Å². The number of piperidine rings is 1. The molecule has 2 heterocycles. The van der Waals surface area contributed by atoms with Crippen LogP contribution >= 0.6 is 0 Å². The molecule has 3 N–H and O–H groups in total. The number of ether oxygens (including phenoxy) is 5. The lowest BCUT2D eigenvalue weighted by atomic mass is 9.96. The highest BCUT2D eigenvalue weighted by Gasteiger charge is 2.50. The first-order valence-electron chi connectivity index (χ1n) is 16.5. The minimum atomic E-state index is -1.28. The Kier molecular flexibility index (Phi) is 12.9. The van der Waals surface area contributed by atoms with E-state index in [1.807, 2.05) is 0 Å². The Morgan fingerprint density at radius 2 is 1.24 bits per heavy atom. The molecule has 0 aliphatic carbocycles. The molecule has 1 amide bonds. The predicted octanol–water partition coefficient (Wildman–Crippen LogP) is 3.52. The zero-order chi connectivity index (χ0) is 34.6. The molecule has 2 fully saturated rings. The fourth-order valence-corrected chi connectivity index (χ4v) is 5.70. The van der Waals surface area contributed by atoms with E-state index in [-0.39, 0.29) is 36.4 Å². The summed E-state index contributed by atoms with van der Waals surface area (Å²) in [5, 5.41) is 9.71. The van der Waals surface area contributed by atoms with E-state index in [1.165, 1.54) is 0 Å². The molecule has 0 saturated carbocycles. The van der Waals surface area contributed by atoms with Crippen LogP contribution in [0, 0.1) is 0 Å². The highest BCUT2D eigenvalue weighted by atomic mass is 16.7. The predicted molar refractivity (Wildman–Crippen MR) is 176 cm³/mol. The van der Waals surface area contributed by atoms with Gasteiger partial charge < -0.3 is 39.4 Å². The van der Waals surface area contributed by atoms with E-state index < -0.39 is 48.6 Å². The molecule has 2 saturated heterocycles. The molecule has 0 aromatic heterocycles. The first-order valence-corrected chi connectivity index (χ1v) is 16.5. The first kappa shape index (κ1) is 35.7. The number of aliphatic hydroxyl groups is 1. The normalized spacial score (nSPS) is 22.6. The molecule has 12 heteroatoms. The summed E-state index contributed by atoms with van der Waals surface area (Å²) in [6, 6.07) is 23.8. The number of hydrogen-bond acceptors (Lipinski definition) is 11. The van der Waals surface area contributed by atoms with Crippen LogP contribution < -0.4 is 5.73 Å². The Balaban J connectivity index is 1.30. The van der Waals surface area contributed by atoms with E-state index in [0.29, 0.717) is 50.8 Å². The Morgan fingerprint density at radius 3 is 1.80 bits per heavy atom. The number of hydrogen-bond donors (Lipinski definition) is 2. The SMILES string of the molecule is NC1C(OC(=O)c2ccccc2)[C@@H](OC(=O)c2ccccc2)C(COC(=O)c2ccccc2)O[C@H]1OCCCCC(=O)N1CCC(O)CC1. The third kappa shape index (κ3) is 9.96. The third-order valence-electron chi connectivity index (χ3n) is 8.47. The number of nitrogens with zero attached hydrogens (tertiary/aromatic N) is 1. The molecule has 12 nitrogen and oxygen atoms in total. The summed E-state index contributed by atoms with van der Waals surface area (Å²) in [6.45, 7) is 0.868. The summed E-state index contributed by atoms with van der Waals surface area (Å²) in [7, 11) is 0. The lowest BCUT2D eigenvalue weighted by molar-refractivity contribution is -0.264. The number of unbranched alkanes of at least 4 members (excludes halogenated alkanes) is 1. The smallest absolute Gasteiger partial charge is 0.338 e. The van der Waals surface area contributed by atoms with Crippen LogP contribution in [-0.4, -0.2) is 96.9 Å². The molecule has 2 aliphatic rings. The van der Waals surface area contributed by atoms with Crippen LogP contribution in [0.3, 0.4) is 0 Å². The van der Waals surface area contributed by atoms with Crippen molar-refractivity contribution in [3.05, 3.63) is 108 Å². The summed E-state index contributed by atoms with van der Waals surface area (Å²) < 4.78 is 29.6. The molecule has 5 rings (SSSR count). The van der Waals surface area contributed by atoms with E-state index in [2.05, 4.69) is 0 Å². The number of amides is 1. The van der Waals surface area contributed by atoms with Gasteiger partial charge in [-0.25, -0.2) is 14.4 Å². The van der Waals surface area contributed by atoms with Gasteiger partial charge in [-0.1, -0.05) is 54.6 Å². The van der Waals surface area contributed by atoms with Gasteiger partial charge in [0.15, 0.2) is 18.5 Å². The van der Waals surface area contributed by atoms with E-state index in [0.717, 1.165) is 0 Å². The molecular weight excluding hydrogens is 632 g/mol. The van der Waals surface area contributed by atoms with Crippen LogP contribution in [0.1, 0.15) is 63.2 Å². The van der Waals surface area contributed by atoms with Crippen molar-refractivity contribution in [3.63, 3.8) is 0 Å². The summed E-state index contributed by atoms with van der Waals surface area (Å²) in [4.78, 5) is 53.9. The van der Waals surface area contributed by atoms with Crippen LogP contribution in [-0.2, 0) is 28.5 Å². The fourth-order valence-electron chi connectivity index (χ4n) is 5.70. The molecule has 2 aliphatic heterocycles. The quantitative estimate of drug-likeness (QED) is 0.155. The van der Waals surface area contributed by atoms with Crippen LogP contribution in [0.2, 0.25) is 0 Å². The molecule has 5 atom stereocenters. The number of aliphatic hydroxyl groups excluding tert-OH is 1. The number of likely N-dealkylation sites (tertiary alicyclic amines) is 1. The second-order valence-corrected chi connectivity index (χ2v) is 12.0. The minimum Gasteiger partial charge on any atom is -0.459 e. The average Bonchev–Trinajstić information content (AvgIpc) is 3.14. The number of nitrogens with two attached hydrogens (primary N) is 1. The van der Waals surface area contributed by atoms with Crippen molar-refractivity contribution < 1.29 is 48.0 Å². The maximum absolute atomic E-state index is 13.3. The summed E-state index contributed by atoms with van der Waals surface area (Å²) >= 11 is 0. The number of carbonyl (C=O) groups is 4. The maximum atomic E-state index is 13.3. The van der Waals surface area contributed by atoms with Gasteiger partial charge in [-0.15, -0.1) is 0 Å². The summed E-state index contributed by atoms with van der Waals surface area (Å²) in [5.74, 6) is -2.02. The van der Waals surface area contributed by atoms with E-state index in [1.54, 1.807) is 95.9 Å². The highest BCUT2D eigenvalue weighted by molar-refractivity contribution is 5.91. The van der Waals surface area contributed by atoms with Gasteiger partial charge in [-0.3, -0.25) is 4.79 Å². The molecule has 3 unspecified atom stereocenters. The van der Waals surface area contributed by atoms with Gasteiger partial charge in [0, 0.05) is 26.1 Å². The van der Waals surface area contributed by atoms with Gasteiger partial charge in [0.2, 0.25) is 5.91 Å². The van der Waals surface area contributed by atoms with Gasteiger partial charge in [0.05, 0.1) is 28.8 Å². The van der Waals surface area contributed by atoms with Crippen molar-refractivity contribution in [1.82, 2.24) is 4.90 Å². The first-order chi connectivity index (χ1) is 23.8. The number of rotatable bonds is 13. The second-order valence-electron chi connectivity index (χ2n) is 12.0. The van der Waals surface area contributed by atoms with Crippen molar-refractivity contribution in [2.24, 2.45) is 5.73 Å². The molecule has 0 bridgehead atoms. The van der Waals surface area contributed by atoms with Crippen molar-refractivity contribution in [2.75, 3.05) is 26.3 Å². The lowest BCUT2D eigenvalue weighted by Gasteiger charge is -2.43. The largest absolute Gasteiger partial charge is 0.459 e. The zero-order valence-corrected chi connectivity index (χ0v) is 27.1. The Bertz CT molecular complexity index is 1520. The summed E-state index contributed by atoms with van der Waals surface area (Å²) in [5.41, 5.74) is 7.44. The van der Waals surface area contributed by atoms with Crippen molar-refractivity contribution in [2.45, 2.75) is 68.9 Å². The van der Waals surface area contributed by atoms with Crippen LogP contribution in [0.25, 0.3) is 0 Å². The average molecular weight is 675 g/mol. The number of benzene rings is 3. The molecule has 49 heavy (non-hydrogen) atoms. The standard InChI is InChI=1S/C37H42N2O10/c38-31-33(49-36(44)27-16-8-3-9-17-27)32(48-35(43)26-14-6-2-7-15-26)29(24-46-34(42)25-12-4-1-5-13-25)47-37(31)45-23-11-10-18-30(41)39-21-19-28(40)20-22-39/h1-9,12-17,28-29,31-33,37,40H,10-11,18-24,38H2/t29?,31?,32-,33?,37+/m0/s1. The monoisotopic (exact) mass is 674 g/mol. The van der Waals surface area contributed by atoms with Crippen LogP contribution in [0.15, 0.2) is 91.0 Å². The molecule has 3 aromatic carbocycles. The van der Waals surface area contributed by atoms with Gasteiger partial charge in [0.25, 0.3) is 0 Å². The molecule has 0 radical (unpaired) electrons. The molecule has 260 valence electrons. The fraction of sp³-hybridized carbons (Fsp3) is 0.405. The Morgan fingerprint density at radius 1 is 0.735 bits per heavy atom. The van der Waals surface area contributed by atoms with E-state index in [9.17, 15) is 24.3 Å². The topological polar surface area (TPSA) is 164 Å². The minimum absolute atomic E-state index is 0.0220. The molecule has 3 aromatic rings. The van der Waals surface area contributed by atoms with Crippen LogP contribution in [0.4, 0.5) is 0 Å². The maximum Gasteiger partial charge on any atom is 0.338 e. The van der Waals surface area contributed by atoms with Gasteiger partial charge in [-0.05, 0) is 62.1 Å². The third-order valence-corrected chi connectivity index (χ3v) is 8.47. The Labute approximate surface area is 285 Å². The van der Waals surface area contributed by atoms with E-state index >= 15 is 0 Å². The molecule has 0 spiro atoms. The van der Waals surface area contributed by atoms with Crippen molar-refractivity contribution in [1.29, 1.82) is 0 Å². The van der Waals surface area contributed by atoms with Crippen LogP contribution in [0.5, 0.6) is 0 Å². The number of carbonyl (C=O) groups excluding carboxylic acids is 4.